The number of rotatable bonds is 3. The second kappa shape index (κ2) is 7.18. The van der Waals surface area contributed by atoms with E-state index in [4.69, 9.17) is 17.3 Å². The van der Waals surface area contributed by atoms with Crippen molar-refractivity contribution in [3.8, 4) is 0 Å². The second-order valence-electron chi connectivity index (χ2n) is 6.01. The lowest BCUT2D eigenvalue weighted by Gasteiger charge is -2.32. The van der Waals surface area contributed by atoms with Gasteiger partial charge in [-0.25, -0.2) is 4.98 Å². The summed E-state index contributed by atoms with van der Waals surface area (Å²) in [5.74, 6) is 1.27. The number of benzene rings is 1. The van der Waals surface area contributed by atoms with Crippen molar-refractivity contribution in [2.24, 2.45) is 0 Å². The number of aromatic nitrogens is 2. The van der Waals surface area contributed by atoms with Crippen molar-refractivity contribution in [2.45, 2.75) is 45.1 Å². The zero-order valence-corrected chi connectivity index (χ0v) is 14.3. The predicted octanol–water partition coefficient (Wildman–Crippen LogP) is 4.40. The van der Waals surface area contributed by atoms with Gasteiger partial charge in [0, 0.05) is 23.3 Å². The average Bonchev–Trinajstić information content (AvgIpc) is 2.80. The molecule has 0 bridgehead atoms. The van der Waals surface area contributed by atoms with Crippen LogP contribution in [0.25, 0.3) is 0 Å². The number of aryl methyl sites for hydroxylation is 1. The Kier molecular flexibility index (Phi) is 5.01. The number of halogens is 1. The average molecular weight is 331 g/mol. The molecule has 1 atom stereocenters. The summed E-state index contributed by atoms with van der Waals surface area (Å²) in [5.41, 5.74) is 8.07. The highest BCUT2D eigenvalue weighted by molar-refractivity contribution is 6.31. The molecule has 1 aromatic heterocycles. The Balaban J connectivity index is 2.03. The summed E-state index contributed by atoms with van der Waals surface area (Å²) >= 11 is 6.47. The van der Waals surface area contributed by atoms with Crippen LogP contribution >= 0.6 is 11.6 Å². The number of hydrogen-bond donors (Lipinski definition) is 1. The van der Waals surface area contributed by atoms with Crippen LogP contribution in [0.4, 0.5) is 11.8 Å². The van der Waals surface area contributed by atoms with Gasteiger partial charge in [-0.1, -0.05) is 49.6 Å². The highest BCUT2D eigenvalue weighted by Crippen LogP contribution is 2.36. The first kappa shape index (κ1) is 16.1. The van der Waals surface area contributed by atoms with Gasteiger partial charge in [0.1, 0.15) is 5.82 Å². The molecule has 23 heavy (non-hydrogen) atoms. The van der Waals surface area contributed by atoms with E-state index in [-0.39, 0.29) is 6.04 Å². The van der Waals surface area contributed by atoms with Crippen LogP contribution < -0.4 is 10.6 Å². The normalized spacial score (nSPS) is 18.7. The van der Waals surface area contributed by atoms with E-state index in [0.29, 0.717) is 5.95 Å². The molecule has 1 saturated heterocycles. The van der Waals surface area contributed by atoms with Gasteiger partial charge in [-0.2, -0.15) is 4.98 Å². The standard InChI is InChI=1S/C18H23ClN4/c1-2-13-12-17(22-18(20)21-13)23-11-7-3-4-10-16(23)14-8-5-6-9-15(14)19/h5-6,8-9,12,16H,2-4,7,10-11H2,1H3,(H2,20,21,22)/t16-/m1/s1. The molecule has 2 heterocycles. The molecule has 1 fully saturated rings. The minimum atomic E-state index is 0.241. The van der Waals surface area contributed by atoms with Crippen molar-refractivity contribution in [2.75, 3.05) is 17.2 Å². The maximum absolute atomic E-state index is 6.47. The molecule has 1 aromatic carbocycles. The maximum Gasteiger partial charge on any atom is 0.222 e. The third-order valence-electron chi connectivity index (χ3n) is 4.46. The Hall–Kier alpha value is -1.81. The lowest BCUT2D eigenvalue weighted by Crippen LogP contribution is -2.30. The van der Waals surface area contributed by atoms with E-state index in [9.17, 15) is 0 Å². The number of nitrogen functional groups attached to an aromatic ring is 1. The van der Waals surface area contributed by atoms with Gasteiger partial charge in [0.2, 0.25) is 5.95 Å². The van der Waals surface area contributed by atoms with Crippen molar-refractivity contribution in [1.82, 2.24) is 9.97 Å². The zero-order chi connectivity index (χ0) is 16.2. The third kappa shape index (κ3) is 3.58. The van der Waals surface area contributed by atoms with Crippen LogP contribution in [0.3, 0.4) is 0 Å². The van der Waals surface area contributed by atoms with E-state index in [0.717, 1.165) is 42.3 Å². The summed E-state index contributed by atoms with van der Waals surface area (Å²) < 4.78 is 0. The molecule has 0 amide bonds. The van der Waals surface area contributed by atoms with Gasteiger partial charge in [0.05, 0.1) is 6.04 Å². The fourth-order valence-corrected chi connectivity index (χ4v) is 3.54. The first-order chi connectivity index (χ1) is 11.2. The van der Waals surface area contributed by atoms with Gasteiger partial charge in [-0.15, -0.1) is 0 Å². The van der Waals surface area contributed by atoms with E-state index in [1.54, 1.807) is 0 Å². The van der Waals surface area contributed by atoms with Crippen LogP contribution in [0.1, 0.15) is 49.9 Å². The molecular formula is C18H23ClN4. The molecule has 1 aliphatic heterocycles. The lowest BCUT2D eigenvalue weighted by atomic mass is 10.0. The molecule has 0 saturated carbocycles. The van der Waals surface area contributed by atoms with Crippen LogP contribution in [0.15, 0.2) is 30.3 Å². The maximum atomic E-state index is 6.47. The number of nitrogens with zero attached hydrogens (tertiary/aromatic N) is 3. The number of anilines is 2. The topological polar surface area (TPSA) is 55.0 Å². The van der Waals surface area contributed by atoms with E-state index in [1.807, 2.05) is 12.1 Å². The monoisotopic (exact) mass is 330 g/mol. The van der Waals surface area contributed by atoms with Gasteiger partial charge >= 0.3 is 0 Å². The van der Waals surface area contributed by atoms with Crippen LogP contribution in [0.5, 0.6) is 0 Å². The number of nitrogens with two attached hydrogens (primary N) is 1. The molecule has 2 N–H and O–H groups in total. The molecule has 0 unspecified atom stereocenters. The van der Waals surface area contributed by atoms with Crippen LogP contribution in [-0.2, 0) is 6.42 Å². The van der Waals surface area contributed by atoms with Crippen LogP contribution in [0.2, 0.25) is 5.02 Å². The zero-order valence-electron chi connectivity index (χ0n) is 13.5. The highest BCUT2D eigenvalue weighted by Gasteiger charge is 2.26. The Morgan fingerprint density at radius 2 is 2.04 bits per heavy atom. The Morgan fingerprint density at radius 1 is 1.22 bits per heavy atom. The smallest absolute Gasteiger partial charge is 0.222 e. The summed E-state index contributed by atoms with van der Waals surface area (Å²) in [6.07, 6.45) is 5.53. The van der Waals surface area contributed by atoms with E-state index >= 15 is 0 Å². The van der Waals surface area contributed by atoms with Crippen molar-refractivity contribution < 1.29 is 0 Å². The first-order valence-electron chi connectivity index (χ1n) is 8.33. The Morgan fingerprint density at radius 3 is 2.83 bits per heavy atom. The molecule has 0 radical (unpaired) electrons. The SMILES string of the molecule is CCc1cc(N2CCCCC[C@@H]2c2ccccc2Cl)nc(N)n1. The molecular weight excluding hydrogens is 308 g/mol. The van der Waals surface area contributed by atoms with Gasteiger partial charge < -0.3 is 10.6 Å². The summed E-state index contributed by atoms with van der Waals surface area (Å²) in [4.78, 5) is 11.2. The van der Waals surface area contributed by atoms with Crippen molar-refractivity contribution >= 4 is 23.4 Å². The molecule has 122 valence electrons. The number of hydrogen-bond acceptors (Lipinski definition) is 4. The molecule has 3 rings (SSSR count). The Bertz CT molecular complexity index is 674. The molecule has 0 aliphatic carbocycles. The first-order valence-corrected chi connectivity index (χ1v) is 8.71. The minimum absolute atomic E-state index is 0.241. The van der Waals surface area contributed by atoms with Gasteiger partial charge in [-0.05, 0) is 30.9 Å². The lowest BCUT2D eigenvalue weighted by molar-refractivity contribution is 0.596. The fourth-order valence-electron chi connectivity index (χ4n) is 3.28. The van der Waals surface area contributed by atoms with Gasteiger partial charge in [0.25, 0.3) is 0 Å². The summed E-state index contributed by atoms with van der Waals surface area (Å²) in [6, 6.07) is 10.4. The predicted molar refractivity (Wildman–Crippen MR) is 95.8 cm³/mol. The Labute approximate surface area is 142 Å². The van der Waals surface area contributed by atoms with Crippen LogP contribution in [-0.4, -0.2) is 16.5 Å². The molecule has 5 heteroatoms. The summed E-state index contributed by atoms with van der Waals surface area (Å²) in [6.45, 7) is 3.05. The van der Waals surface area contributed by atoms with Crippen molar-refractivity contribution in [1.29, 1.82) is 0 Å². The molecule has 1 aliphatic rings. The van der Waals surface area contributed by atoms with Gasteiger partial charge in [0.15, 0.2) is 0 Å². The van der Waals surface area contributed by atoms with Crippen molar-refractivity contribution in [3.05, 3.63) is 46.6 Å². The molecule has 4 nitrogen and oxygen atoms in total. The van der Waals surface area contributed by atoms with Gasteiger partial charge in [-0.3, -0.25) is 0 Å². The third-order valence-corrected chi connectivity index (χ3v) is 4.80. The largest absolute Gasteiger partial charge is 0.368 e. The van der Waals surface area contributed by atoms with E-state index < -0.39 is 0 Å². The van der Waals surface area contributed by atoms with E-state index in [1.165, 1.54) is 18.4 Å². The highest BCUT2D eigenvalue weighted by atomic mass is 35.5. The second-order valence-corrected chi connectivity index (χ2v) is 6.42. The van der Waals surface area contributed by atoms with Crippen molar-refractivity contribution in [3.63, 3.8) is 0 Å². The quantitative estimate of drug-likeness (QED) is 0.906. The minimum Gasteiger partial charge on any atom is -0.368 e. The molecule has 0 spiro atoms. The van der Waals surface area contributed by atoms with Crippen LogP contribution in [0, 0.1) is 0 Å². The summed E-state index contributed by atoms with van der Waals surface area (Å²) in [7, 11) is 0. The summed E-state index contributed by atoms with van der Waals surface area (Å²) in [5, 5.41) is 0.821. The molecule has 2 aromatic rings. The van der Waals surface area contributed by atoms with E-state index in [2.05, 4.69) is 40.0 Å². The fraction of sp³-hybridized carbons (Fsp3) is 0.444.